The van der Waals surface area contributed by atoms with E-state index in [9.17, 15) is 9.90 Å². The van der Waals surface area contributed by atoms with E-state index < -0.39 is 0 Å². The molecule has 0 spiro atoms. The highest BCUT2D eigenvalue weighted by atomic mass is 16.5. The van der Waals surface area contributed by atoms with Crippen LogP contribution in [0.15, 0.2) is 18.2 Å². The van der Waals surface area contributed by atoms with Gasteiger partial charge in [-0.1, -0.05) is 6.07 Å². The van der Waals surface area contributed by atoms with Crippen LogP contribution in [0.5, 0.6) is 5.75 Å². The maximum absolute atomic E-state index is 12.3. The van der Waals surface area contributed by atoms with Crippen molar-refractivity contribution in [3.63, 3.8) is 0 Å². The molecule has 0 aliphatic carbocycles. The molecule has 1 aromatic carbocycles. The number of rotatable bonds is 7. The number of ether oxygens (including phenoxy) is 1. The standard InChI is InChI=1S/C18H27NO4/c1-13-3-4-17(9-14(13)2)23-8-6-18(22)19-10-15(5-7-20)16(11-19)12-21/h3-4,9,15-16,20-21H,5-8,10-12H2,1-2H3. The van der Waals surface area contributed by atoms with Gasteiger partial charge in [-0.05, 0) is 49.4 Å². The number of hydrogen-bond donors (Lipinski definition) is 2. The third-order valence-corrected chi connectivity index (χ3v) is 4.73. The second-order valence-corrected chi connectivity index (χ2v) is 6.36. The molecule has 128 valence electrons. The summed E-state index contributed by atoms with van der Waals surface area (Å²) in [5, 5.41) is 18.5. The van der Waals surface area contributed by atoms with Gasteiger partial charge >= 0.3 is 0 Å². The quantitative estimate of drug-likeness (QED) is 0.799. The summed E-state index contributed by atoms with van der Waals surface area (Å²) in [5.41, 5.74) is 2.39. The lowest BCUT2D eigenvalue weighted by molar-refractivity contribution is -0.130. The lowest BCUT2D eigenvalue weighted by Crippen LogP contribution is -2.30. The van der Waals surface area contributed by atoms with Crippen molar-refractivity contribution in [1.82, 2.24) is 4.90 Å². The van der Waals surface area contributed by atoms with Crippen molar-refractivity contribution in [3.05, 3.63) is 29.3 Å². The van der Waals surface area contributed by atoms with Gasteiger partial charge in [0.25, 0.3) is 0 Å². The largest absolute Gasteiger partial charge is 0.493 e. The average Bonchev–Trinajstić information content (AvgIpc) is 2.94. The van der Waals surface area contributed by atoms with Crippen molar-refractivity contribution in [2.75, 3.05) is 32.9 Å². The fraction of sp³-hybridized carbons (Fsp3) is 0.611. The first-order valence-corrected chi connectivity index (χ1v) is 8.24. The van der Waals surface area contributed by atoms with Gasteiger partial charge in [-0.3, -0.25) is 4.79 Å². The third-order valence-electron chi connectivity index (χ3n) is 4.73. The van der Waals surface area contributed by atoms with Crippen molar-refractivity contribution in [2.24, 2.45) is 11.8 Å². The number of nitrogens with zero attached hydrogens (tertiary/aromatic N) is 1. The number of carbonyl (C=O) groups excluding carboxylic acids is 1. The van der Waals surface area contributed by atoms with Crippen molar-refractivity contribution < 1.29 is 19.7 Å². The first-order valence-electron chi connectivity index (χ1n) is 8.24. The number of likely N-dealkylation sites (tertiary alicyclic amines) is 1. The third kappa shape index (κ3) is 4.69. The van der Waals surface area contributed by atoms with E-state index in [1.807, 2.05) is 25.1 Å². The summed E-state index contributed by atoms with van der Waals surface area (Å²) in [6.07, 6.45) is 0.963. The Bertz CT molecular complexity index is 532. The van der Waals surface area contributed by atoms with Gasteiger partial charge in [0.2, 0.25) is 5.91 Å². The Morgan fingerprint density at radius 1 is 1.22 bits per heavy atom. The van der Waals surface area contributed by atoms with E-state index in [4.69, 9.17) is 9.84 Å². The Morgan fingerprint density at radius 3 is 2.61 bits per heavy atom. The molecule has 0 saturated carbocycles. The zero-order chi connectivity index (χ0) is 16.8. The molecule has 2 rings (SSSR count). The SMILES string of the molecule is Cc1ccc(OCCC(=O)N2CC(CO)C(CCO)C2)cc1C. The molecular formula is C18H27NO4. The van der Waals surface area contributed by atoms with Crippen LogP contribution >= 0.6 is 0 Å². The van der Waals surface area contributed by atoms with Crippen LogP contribution in [0.4, 0.5) is 0 Å². The molecule has 0 radical (unpaired) electrons. The Labute approximate surface area is 137 Å². The Morgan fingerprint density at radius 2 is 1.96 bits per heavy atom. The molecule has 0 aromatic heterocycles. The molecule has 1 fully saturated rings. The van der Waals surface area contributed by atoms with Gasteiger partial charge in [0, 0.05) is 32.2 Å². The number of aryl methyl sites for hydroxylation is 2. The summed E-state index contributed by atoms with van der Waals surface area (Å²) >= 11 is 0. The van der Waals surface area contributed by atoms with E-state index in [1.165, 1.54) is 11.1 Å². The number of aliphatic hydroxyl groups is 2. The van der Waals surface area contributed by atoms with E-state index in [2.05, 4.69) is 6.92 Å². The lowest BCUT2D eigenvalue weighted by atomic mass is 9.94. The molecule has 5 heteroatoms. The zero-order valence-electron chi connectivity index (χ0n) is 14.0. The van der Waals surface area contributed by atoms with E-state index in [1.54, 1.807) is 4.90 Å². The van der Waals surface area contributed by atoms with E-state index in [0.29, 0.717) is 32.5 Å². The molecule has 0 bridgehead atoms. The van der Waals surface area contributed by atoms with Crippen molar-refractivity contribution in [2.45, 2.75) is 26.7 Å². The van der Waals surface area contributed by atoms with Crippen molar-refractivity contribution in [1.29, 1.82) is 0 Å². The molecule has 1 aromatic rings. The Kier molecular flexibility index (Phi) is 6.42. The van der Waals surface area contributed by atoms with Crippen LogP contribution in [0.3, 0.4) is 0 Å². The van der Waals surface area contributed by atoms with Crippen LogP contribution in [0, 0.1) is 25.7 Å². The topological polar surface area (TPSA) is 70.0 Å². The molecule has 23 heavy (non-hydrogen) atoms. The first-order chi connectivity index (χ1) is 11.0. The fourth-order valence-electron chi connectivity index (χ4n) is 3.06. The first kappa shape index (κ1) is 17.8. The molecule has 1 saturated heterocycles. The highest BCUT2D eigenvalue weighted by Crippen LogP contribution is 2.26. The van der Waals surface area contributed by atoms with Crippen LogP contribution in [0.2, 0.25) is 0 Å². The monoisotopic (exact) mass is 321 g/mol. The van der Waals surface area contributed by atoms with Crippen molar-refractivity contribution in [3.8, 4) is 5.75 Å². The van der Waals surface area contributed by atoms with Crippen LogP contribution in [0.1, 0.15) is 24.0 Å². The number of carbonyl (C=O) groups is 1. The Hall–Kier alpha value is -1.59. The summed E-state index contributed by atoms with van der Waals surface area (Å²) in [4.78, 5) is 14.1. The molecule has 1 aliphatic rings. The number of aliphatic hydroxyl groups excluding tert-OH is 2. The summed E-state index contributed by atoms with van der Waals surface area (Å²) in [7, 11) is 0. The minimum Gasteiger partial charge on any atom is -0.493 e. The van der Waals surface area contributed by atoms with Gasteiger partial charge < -0.3 is 19.8 Å². The van der Waals surface area contributed by atoms with Crippen LogP contribution in [-0.2, 0) is 4.79 Å². The lowest BCUT2D eigenvalue weighted by Gasteiger charge is -2.16. The normalized spacial score (nSPS) is 20.8. The highest BCUT2D eigenvalue weighted by Gasteiger charge is 2.33. The maximum Gasteiger partial charge on any atom is 0.226 e. The minimum atomic E-state index is 0.0488. The van der Waals surface area contributed by atoms with Gasteiger partial charge in [0.15, 0.2) is 0 Å². The van der Waals surface area contributed by atoms with Gasteiger partial charge in [-0.15, -0.1) is 0 Å². The van der Waals surface area contributed by atoms with E-state index >= 15 is 0 Å². The van der Waals surface area contributed by atoms with E-state index in [-0.39, 0.29) is 31.0 Å². The van der Waals surface area contributed by atoms with Crippen LogP contribution < -0.4 is 4.74 Å². The second-order valence-electron chi connectivity index (χ2n) is 6.36. The predicted molar refractivity (Wildman–Crippen MR) is 88.4 cm³/mol. The average molecular weight is 321 g/mol. The molecule has 1 heterocycles. The molecule has 1 aliphatic heterocycles. The molecule has 2 N–H and O–H groups in total. The number of hydrogen-bond acceptors (Lipinski definition) is 4. The number of amides is 1. The predicted octanol–water partition coefficient (Wildman–Crippen LogP) is 1.52. The van der Waals surface area contributed by atoms with Gasteiger partial charge in [0.05, 0.1) is 13.0 Å². The van der Waals surface area contributed by atoms with E-state index in [0.717, 1.165) is 5.75 Å². The fourth-order valence-corrected chi connectivity index (χ4v) is 3.06. The molecule has 5 nitrogen and oxygen atoms in total. The smallest absolute Gasteiger partial charge is 0.226 e. The maximum atomic E-state index is 12.3. The van der Waals surface area contributed by atoms with Crippen LogP contribution in [-0.4, -0.2) is 53.9 Å². The molecule has 2 atom stereocenters. The highest BCUT2D eigenvalue weighted by molar-refractivity contribution is 5.76. The number of benzene rings is 1. The summed E-state index contributed by atoms with van der Waals surface area (Å²) in [6, 6.07) is 5.91. The Balaban J connectivity index is 1.79. The van der Waals surface area contributed by atoms with Crippen molar-refractivity contribution >= 4 is 5.91 Å². The molecule has 2 unspecified atom stereocenters. The summed E-state index contributed by atoms with van der Waals surface area (Å²) in [6.45, 7) is 5.79. The summed E-state index contributed by atoms with van der Waals surface area (Å²) in [5.74, 6) is 1.10. The van der Waals surface area contributed by atoms with Gasteiger partial charge in [0.1, 0.15) is 5.75 Å². The van der Waals surface area contributed by atoms with Gasteiger partial charge in [-0.25, -0.2) is 0 Å². The molecular weight excluding hydrogens is 294 g/mol. The van der Waals surface area contributed by atoms with Gasteiger partial charge in [-0.2, -0.15) is 0 Å². The van der Waals surface area contributed by atoms with Crippen LogP contribution in [0.25, 0.3) is 0 Å². The zero-order valence-corrected chi connectivity index (χ0v) is 14.0. The second kappa shape index (κ2) is 8.31. The minimum absolute atomic E-state index is 0.0488. The summed E-state index contributed by atoms with van der Waals surface area (Å²) < 4.78 is 5.66. The molecule has 1 amide bonds.